The number of nitrogens with one attached hydrogen (secondary N) is 1. The number of hydrogen-bond acceptors (Lipinski definition) is 7. The molecule has 1 atom stereocenters. The highest BCUT2D eigenvalue weighted by atomic mass is 16.7. The molecule has 0 bridgehead atoms. The summed E-state index contributed by atoms with van der Waals surface area (Å²) >= 11 is 0. The Morgan fingerprint density at radius 1 is 1.18 bits per heavy atom. The van der Waals surface area contributed by atoms with E-state index in [9.17, 15) is 9.59 Å². The van der Waals surface area contributed by atoms with Gasteiger partial charge < -0.3 is 24.3 Å². The highest BCUT2D eigenvalue weighted by molar-refractivity contribution is 5.82. The van der Waals surface area contributed by atoms with Crippen LogP contribution in [0.25, 0.3) is 0 Å². The standard InChI is InChI=1S/C20H18N2O6/c1-13(28-16-5-2-14(9-21)3-6-16)20(24)25-11-19(23)22-10-15-4-7-17-18(8-15)27-12-26-17/h2-8,13H,10-12H2,1H3,(H,22,23)/t13-/m0/s1. The van der Waals surface area contributed by atoms with Gasteiger partial charge in [-0.05, 0) is 48.9 Å². The van der Waals surface area contributed by atoms with E-state index in [1.807, 2.05) is 12.1 Å². The molecule has 0 saturated heterocycles. The van der Waals surface area contributed by atoms with Crippen LogP contribution in [0.4, 0.5) is 0 Å². The zero-order valence-corrected chi connectivity index (χ0v) is 15.1. The molecular formula is C20H18N2O6. The van der Waals surface area contributed by atoms with Crippen LogP contribution in [0.2, 0.25) is 0 Å². The second kappa shape index (κ2) is 8.77. The smallest absolute Gasteiger partial charge is 0.347 e. The van der Waals surface area contributed by atoms with Crippen LogP contribution in [-0.2, 0) is 20.9 Å². The molecule has 1 aliphatic rings. The van der Waals surface area contributed by atoms with Gasteiger partial charge in [0.1, 0.15) is 5.75 Å². The maximum Gasteiger partial charge on any atom is 0.347 e. The van der Waals surface area contributed by atoms with E-state index in [1.54, 1.807) is 36.4 Å². The maximum atomic E-state index is 12.0. The molecule has 3 rings (SSSR count). The molecular weight excluding hydrogens is 364 g/mol. The van der Waals surface area contributed by atoms with Gasteiger partial charge in [-0.3, -0.25) is 4.79 Å². The fourth-order valence-electron chi connectivity index (χ4n) is 2.42. The topological polar surface area (TPSA) is 107 Å². The van der Waals surface area contributed by atoms with E-state index in [-0.39, 0.29) is 13.3 Å². The number of esters is 1. The van der Waals surface area contributed by atoms with Crippen LogP contribution in [0, 0.1) is 11.3 Å². The SMILES string of the molecule is C[C@H](Oc1ccc(C#N)cc1)C(=O)OCC(=O)NCc1ccc2c(c1)OCO2. The number of amides is 1. The summed E-state index contributed by atoms with van der Waals surface area (Å²) in [5.74, 6) is 0.627. The molecule has 1 aliphatic heterocycles. The molecule has 144 valence electrons. The molecule has 1 heterocycles. The zero-order valence-electron chi connectivity index (χ0n) is 15.1. The predicted molar refractivity (Wildman–Crippen MR) is 96.6 cm³/mol. The van der Waals surface area contributed by atoms with Gasteiger partial charge in [0.2, 0.25) is 6.79 Å². The average molecular weight is 382 g/mol. The van der Waals surface area contributed by atoms with E-state index in [0.29, 0.717) is 22.8 Å². The van der Waals surface area contributed by atoms with Gasteiger partial charge in [0.25, 0.3) is 5.91 Å². The van der Waals surface area contributed by atoms with Gasteiger partial charge in [0.05, 0.1) is 11.6 Å². The van der Waals surface area contributed by atoms with Crippen molar-refractivity contribution in [3.63, 3.8) is 0 Å². The van der Waals surface area contributed by atoms with Gasteiger partial charge in [-0.1, -0.05) is 6.07 Å². The summed E-state index contributed by atoms with van der Waals surface area (Å²) in [6, 6.07) is 13.7. The van der Waals surface area contributed by atoms with Crippen molar-refractivity contribution >= 4 is 11.9 Å². The molecule has 0 aliphatic carbocycles. The van der Waals surface area contributed by atoms with Gasteiger partial charge in [0, 0.05) is 6.54 Å². The molecule has 28 heavy (non-hydrogen) atoms. The van der Waals surface area contributed by atoms with Gasteiger partial charge in [-0.25, -0.2) is 4.79 Å². The fraction of sp³-hybridized carbons (Fsp3) is 0.250. The van der Waals surface area contributed by atoms with Gasteiger partial charge in [0.15, 0.2) is 24.2 Å². The Kier molecular flexibility index (Phi) is 5.97. The van der Waals surface area contributed by atoms with Crippen molar-refractivity contribution in [2.24, 2.45) is 0 Å². The van der Waals surface area contributed by atoms with E-state index in [2.05, 4.69) is 5.32 Å². The van der Waals surface area contributed by atoms with E-state index in [1.165, 1.54) is 6.92 Å². The Hall–Kier alpha value is -3.73. The second-order valence-electron chi connectivity index (χ2n) is 5.97. The predicted octanol–water partition coefficient (Wildman–Crippen LogP) is 1.91. The number of fused-ring (bicyclic) bond motifs is 1. The third-order valence-corrected chi connectivity index (χ3v) is 3.90. The average Bonchev–Trinajstić information content (AvgIpc) is 3.18. The van der Waals surface area contributed by atoms with E-state index < -0.39 is 24.6 Å². The first-order chi connectivity index (χ1) is 13.5. The number of rotatable bonds is 7. The van der Waals surface area contributed by atoms with E-state index in [0.717, 1.165) is 5.56 Å². The number of hydrogen-bond donors (Lipinski definition) is 1. The quantitative estimate of drug-likeness (QED) is 0.729. The van der Waals surface area contributed by atoms with Crippen molar-refractivity contribution in [3.8, 4) is 23.3 Å². The Morgan fingerprint density at radius 2 is 1.93 bits per heavy atom. The summed E-state index contributed by atoms with van der Waals surface area (Å²) in [4.78, 5) is 23.9. The molecule has 0 radical (unpaired) electrons. The normalized spacial score (nSPS) is 12.6. The van der Waals surface area contributed by atoms with Crippen LogP contribution >= 0.6 is 0 Å². The number of nitrogens with zero attached hydrogens (tertiary/aromatic N) is 1. The molecule has 0 unspecified atom stereocenters. The Labute approximate surface area is 161 Å². The molecule has 2 aromatic rings. The van der Waals surface area contributed by atoms with Crippen molar-refractivity contribution in [2.75, 3.05) is 13.4 Å². The third kappa shape index (κ3) is 4.92. The largest absolute Gasteiger partial charge is 0.479 e. The van der Waals surface area contributed by atoms with Crippen molar-refractivity contribution in [2.45, 2.75) is 19.6 Å². The highest BCUT2D eigenvalue weighted by Crippen LogP contribution is 2.32. The molecule has 0 aromatic heterocycles. The second-order valence-corrected chi connectivity index (χ2v) is 5.97. The maximum absolute atomic E-state index is 12.0. The molecule has 0 saturated carbocycles. The number of benzene rings is 2. The lowest BCUT2D eigenvalue weighted by Crippen LogP contribution is -2.32. The lowest BCUT2D eigenvalue weighted by atomic mass is 10.2. The number of nitriles is 1. The first-order valence-electron chi connectivity index (χ1n) is 8.54. The number of ether oxygens (including phenoxy) is 4. The number of carbonyl (C=O) groups is 2. The van der Waals surface area contributed by atoms with Crippen molar-refractivity contribution in [1.82, 2.24) is 5.32 Å². The zero-order chi connectivity index (χ0) is 19.9. The summed E-state index contributed by atoms with van der Waals surface area (Å²) in [7, 11) is 0. The molecule has 8 nitrogen and oxygen atoms in total. The van der Waals surface area contributed by atoms with Gasteiger partial charge in [-0.15, -0.1) is 0 Å². The van der Waals surface area contributed by atoms with Crippen molar-refractivity contribution in [3.05, 3.63) is 53.6 Å². The third-order valence-electron chi connectivity index (χ3n) is 3.90. The first-order valence-corrected chi connectivity index (χ1v) is 8.54. The molecule has 1 amide bonds. The van der Waals surface area contributed by atoms with Gasteiger partial charge in [-0.2, -0.15) is 5.26 Å². The molecule has 2 aromatic carbocycles. The fourth-order valence-corrected chi connectivity index (χ4v) is 2.42. The molecule has 8 heteroatoms. The monoisotopic (exact) mass is 382 g/mol. The van der Waals surface area contributed by atoms with Gasteiger partial charge >= 0.3 is 5.97 Å². The Balaban J connectivity index is 1.40. The van der Waals surface area contributed by atoms with Crippen LogP contribution in [0.5, 0.6) is 17.2 Å². The Morgan fingerprint density at radius 3 is 2.68 bits per heavy atom. The summed E-state index contributed by atoms with van der Waals surface area (Å²) in [6.45, 7) is 1.56. The first kappa shape index (κ1) is 19.0. The number of carbonyl (C=O) groups excluding carboxylic acids is 2. The van der Waals surface area contributed by atoms with Crippen LogP contribution < -0.4 is 19.5 Å². The minimum absolute atomic E-state index is 0.184. The molecule has 0 spiro atoms. The lowest BCUT2D eigenvalue weighted by Gasteiger charge is -2.14. The van der Waals surface area contributed by atoms with Crippen LogP contribution in [0.3, 0.4) is 0 Å². The van der Waals surface area contributed by atoms with Crippen molar-refractivity contribution < 1.29 is 28.5 Å². The minimum atomic E-state index is -0.894. The van der Waals surface area contributed by atoms with Crippen molar-refractivity contribution in [1.29, 1.82) is 5.26 Å². The highest BCUT2D eigenvalue weighted by Gasteiger charge is 2.18. The van der Waals surface area contributed by atoms with Crippen LogP contribution in [0.15, 0.2) is 42.5 Å². The van der Waals surface area contributed by atoms with Crippen LogP contribution in [0.1, 0.15) is 18.1 Å². The minimum Gasteiger partial charge on any atom is -0.479 e. The summed E-state index contributed by atoms with van der Waals surface area (Å²) < 4.78 is 20.9. The lowest BCUT2D eigenvalue weighted by molar-refractivity contribution is -0.154. The molecule has 1 N–H and O–H groups in total. The summed E-state index contributed by atoms with van der Waals surface area (Å²) in [6.07, 6.45) is -0.894. The summed E-state index contributed by atoms with van der Waals surface area (Å²) in [5, 5.41) is 11.4. The van der Waals surface area contributed by atoms with Crippen LogP contribution in [-0.4, -0.2) is 31.4 Å². The van der Waals surface area contributed by atoms with E-state index >= 15 is 0 Å². The molecule has 0 fully saturated rings. The summed E-state index contributed by atoms with van der Waals surface area (Å²) in [5.41, 5.74) is 1.32. The Bertz CT molecular complexity index is 904. The van der Waals surface area contributed by atoms with E-state index in [4.69, 9.17) is 24.2 Å².